The molecule has 0 saturated carbocycles. The molecule has 2 aromatic carbocycles. The summed E-state index contributed by atoms with van der Waals surface area (Å²) in [6, 6.07) is 17.0. The normalized spacial score (nSPS) is 15.7. The van der Waals surface area contributed by atoms with E-state index in [-0.39, 0.29) is 11.9 Å². The second-order valence-electron chi connectivity index (χ2n) is 6.34. The van der Waals surface area contributed by atoms with E-state index >= 15 is 0 Å². The fraction of sp³-hybridized carbons (Fsp3) is 0.333. The summed E-state index contributed by atoms with van der Waals surface area (Å²) in [7, 11) is 3.12. The van der Waals surface area contributed by atoms with Crippen molar-refractivity contribution in [3.8, 4) is 17.6 Å². The van der Waals surface area contributed by atoms with E-state index < -0.39 is 0 Å². The van der Waals surface area contributed by atoms with E-state index in [0.29, 0.717) is 43.2 Å². The maximum Gasteiger partial charge on any atom is 0.257 e. The molecule has 1 aliphatic rings. The van der Waals surface area contributed by atoms with Crippen molar-refractivity contribution in [3.63, 3.8) is 0 Å². The lowest BCUT2D eigenvalue weighted by Gasteiger charge is -2.37. The SMILES string of the molecule is COc1ccc(C(=O)N2CCN([C@H](C#N)c3ccccc3)CC2)c(OC)c1. The molecule has 0 aromatic heterocycles. The van der Waals surface area contributed by atoms with Crippen LogP contribution in [0.4, 0.5) is 0 Å². The van der Waals surface area contributed by atoms with Gasteiger partial charge in [-0.1, -0.05) is 30.3 Å². The second kappa shape index (κ2) is 8.56. The van der Waals surface area contributed by atoms with Crippen LogP contribution < -0.4 is 9.47 Å². The maximum atomic E-state index is 12.9. The van der Waals surface area contributed by atoms with Gasteiger partial charge in [0.25, 0.3) is 5.91 Å². The summed E-state index contributed by atoms with van der Waals surface area (Å²) >= 11 is 0. The van der Waals surface area contributed by atoms with Crippen molar-refractivity contribution in [2.45, 2.75) is 6.04 Å². The van der Waals surface area contributed by atoms with Crippen LogP contribution in [0.1, 0.15) is 22.0 Å². The molecule has 1 atom stereocenters. The first kappa shape index (κ1) is 18.7. The smallest absolute Gasteiger partial charge is 0.257 e. The van der Waals surface area contributed by atoms with Crippen LogP contribution in [0.3, 0.4) is 0 Å². The zero-order chi connectivity index (χ0) is 19.2. The molecule has 6 nitrogen and oxygen atoms in total. The van der Waals surface area contributed by atoms with Crippen LogP contribution in [0.5, 0.6) is 11.5 Å². The van der Waals surface area contributed by atoms with Gasteiger partial charge in [-0.3, -0.25) is 9.69 Å². The summed E-state index contributed by atoms with van der Waals surface area (Å²) < 4.78 is 10.5. The zero-order valence-electron chi connectivity index (χ0n) is 15.6. The van der Waals surface area contributed by atoms with Gasteiger partial charge in [-0.25, -0.2) is 0 Å². The molecule has 140 valence electrons. The molecule has 0 N–H and O–H groups in total. The van der Waals surface area contributed by atoms with E-state index in [4.69, 9.17) is 9.47 Å². The molecule has 0 unspecified atom stereocenters. The number of methoxy groups -OCH3 is 2. The highest BCUT2D eigenvalue weighted by molar-refractivity contribution is 5.97. The Balaban J connectivity index is 1.69. The topological polar surface area (TPSA) is 65.8 Å². The molecule has 0 bridgehead atoms. The average Bonchev–Trinajstić information content (AvgIpc) is 2.74. The van der Waals surface area contributed by atoms with Crippen LogP contribution in [0, 0.1) is 11.3 Å². The predicted molar refractivity (Wildman–Crippen MR) is 102 cm³/mol. The molecule has 6 heteroatoms. The summed E-state index contributed by atoms with van der Waals surface area (Å²) in [6.07, 6.45) is 0. The standard InChI is InChI=1S/C21H23N3O3/c1-26-17-8-9-18(20(14-17)27-2)21(25)24-12-10-23(11-13-24)19(15-22)16-6-4-3-5-7-16/h3-9,14,19H,10-13H2,1-2H3/t19-/m1/s1. The first-order valence-corrected chi connectivity index (χ1v) is 8.88. The minimum Gasteiger partial charge on any atom is -0.497 e. The molecule has 1 fully saturated rings. The Kier molecular flexibility index (Phi) is 5.94. The Labute approximate surface area is 159 Å². The van der Waals surface area contributed by atoms with Crippen molar-refractivity contribution in [1.82, 2.24) is 9.80 Å². The van der Waals surface area contributed by atoms with Crippen molar-refractivity contribution in [2.24, 2.45) is 0 Å². The van der Waals surface area contributed by atoms with Gasteiger partial charge in [0.05, 0.1) is 25.9 Å². The first-order valence-electron chi connectivity index (χ1n) is 8.88. The number of hydrogen-bond acceptors (Lipinski definition) is 5. The Hall–Kier alpha value is -3.04. The van der Waals surface area contributed by atoms with E-state index in [1.54, 1.807) is 37.3 Å². The summed E-state index contributed by atoms with van der Waals surface area (Å²) in [4.78, 5) is 16.8. The fourth-order valence-electron chi connectivity index (χ4n) is 3.33. The van der Waals surface area contributed by atoms with Crippen LogP contribution >= 0.6 is 0 Å². The molecule has 1 saturated heterocycles. The van der Waals surface area contributed by atoms with E-state index in [1.165, 1.54) is 0 Å². The number of nitriles is 1. The number of carbonyl (C=O) groups excluding carboxylic acids is 1. The van der Waals surface area contributed by atoms with E-state index in [9.17, 15) is 10.1 Å². The van der Waals surface area contributed by atoms with Crippen LogP contribution in [-0.2, 0) is 0 Å². The molecule has 1 heterocycles. The number of hydrogen-bond donors (Lipinski definition) is 0. The van der Waals surface area contributed by atoms with Gasteiger partial charge < -0.3 is 14.4 Å². The van der Waals surface area contributed by atoms with Crippen molar-refractivity contribution in [1.29, 1.82) is 5.26 Å². The molecular weight excluding hydrogens is 342 g/mol. The second-order valence-corrected chi connectivity index (χ2v) is 6.34. The van der Waals surface area contributed by atoms with Crippen molar-refractivity contribution < 1.29 is 14.3 Å². The Morgan fingerprint density at radius 2 is 1.74 bits per heavy atom. The van der Waals surface area contributed by atoms with E-state index in [0.717, 1.165) is 5.56 Å². The van der Waals surface area contributed by atoms with Gasteiger partial charge in [-0.05, 0) is 17.7 Å². The third-order valence-corrected chi connectivity index (χ3v) is 4.84. The van der Waals surface area contributed by atoms with Gasteiger partial charge in [0.1, 0.15) is 17.5 Å². The lowest BCUT2D eigenvalue weighted by molar-refractivity contribution is 0.0603. The highest BCUT2D eigenvalue weighted by Crippen LogP contribution is 2.27. The molecule has 0 spiro atoms. The van der Waals surface area contributed by atoms with Gasteiger partial charge in [0.2, 0.25) is 0 Å². The van der Waals surface area contributed by atoms with Crippen molar-refractivity contribution in [2.75, 3.05) is 40.4 Å². The molecule has 1 amide bonds. The Morgan fingerprint density at radius 3 is 2.33 bits per heavy atom. The minimum atomic E-state index is -0.293. The largest absolute Gasteiger partial charge is 0.497 e. The Morgan fingerprint density at radius 1 is 1.04 bits per heavy atom. The third kappa shape index (κ3) is 4.04. The van der Waals surface area contributed by atoms with Crippen LogP contribution in [0.2, 0.25) is 0 Å². The minimum absolute atomic E-state index is 0.0672. The highest BCUT2D eigenvalue weighted by atomic mass is 16.5. The lowest BCUT2D eigenvalue weighted by Crippen LogP contribution is -2.49. The summed E-state index contributed by atoms with van der Waals surface area (Å²) in [5.41, 5.74) is 1.50. The molecule has 27 heavy (non-hydrogen) atoms. The van der Waals surface area contributed by atoms with Crippen LogP contribution in [0.15, 0.2) is 48.5 Å². The number of benzene rings is 2. The maximum absolute atomic E-state index is 12.9. The van der Waals surface area contributed by atoms with Gasteiger partial charge in [0.15, 0.2) is 0 Å². The fourth-order valence-corrected chi connectivity index (χ4v) is 3.33. The number of nitrogens with zero attached hydrogens (tertiary/aromatic N) is 3. The van der Waals surface area contributed by atoms with Gasteiger partial charge in [0, 0.05) is 32.2 Å². The van der Waals surface area contributed by atoms with E-state index in [2.05, 4.69) is 11.0 Å². The number of carbonyl (C=O) groups is 1. The average molecular weight is 365 g/mol. The van der Waals surface area contributed by atoms with Gasteiger partial charge in [-0.15, -0.1) is 0 Å². The number of amides is 1. The van der Waals surface area contributed by atoms with Gasteiger partial charge >= 0.3 is 0 Å². The van der Waals surface area contributed by atoms with Crippen LogP contribution in [0.25, 0.3) is 0 Å². The quantitative estimate of drug-likeness (QED) is 0.815. The summed E-state index contributed by atoms with van der Waals surface area (Å²) in [5, 5.41) is 9.60. The molecule has 0 radical (unpaired) electrons. The van der Waals surface area contributed by atoms with Crippen molar-refractivity contribution >= 4 is 5.91 Å². The summed E-state index contributed by atoms with van der Waals surface area (Å²) in [6.45, 7) is 2.44. The molecule has 2 aromatic rings. The predicted octanol–water partition coefficient (Wildman–Crippen LogP) is 2.73. The third-order valence-electron chi connectivity index (χ3n) is 4.84. The monoisotopic (exact) mass is 365 g/mol. The molecule has 1 aliphatic heterocycles. The molecule has 0 aliphatic carbocycles. The van der Waals surface area contributed by atoms with Gasteiger partial charge in [-0.2, -0.15) is 5.26 Å². The lowest BCUT2D eigenvalue weighted by atomic mass is 10.1. The highest BCUT2D eigenvalue weighted by Gasteiger charge is 2.28. The molecule has 3 rings (SSSR count). The zero-order valence-corrected chi connectivity index (χ0v) is 15.6. The number of rotatable bonds is 5. The van der Waals surface area contributed by atoms with Crippen molar-refractivity contribution in [3.05, 3.63) is 59.7 Å². The van der Waals surface area contributed by atoms with E-state index in [1.807, 2.05) is 30.3 Å². The number of ether oxygens (including phenoxy) is 2. The molecular formula is C21H23N3O3. The Bertz CT molecular complexity index is 824. The van der Waals surface area contributed by atoms with Crippen LogP contribution in [-0.4, -0.2) is 56.1 Å². The first-order chi connectivity index (χ1) is 13.2. The summed E-state index contributed by atoms with van der Waals surface area (Å²) in [5.74, 6) is 1.08. The number of piperazine rings is 1.